The molecule has 0 aliphatic carbocycles. The second-order valence-corrected chi connectivity index (χ2v) is 7.14. The minimum atomic E-state index is -0.898. The van der Waals surface area contributed by atoms with Crippen LogP contribution in [-0.4, -0.2) is 21.1 Å². The van der Waals surface area contributed by atoms with Crippen molar-refractivity contribution in [2.24, 2.45) is 0 Å². The average molecular weight is 413 g/mol. The first kappa shape index (κ1) is 20.1. The summed E-state index contributed by atoms with van der Waals surface area (Å²) in [5.74, 6) is -1.04. The number of rotatable bonds is 5. The van der Waals surface area contributed by atoms with E-state index in [2.05, 4.69) is 0 Å². The smallest absolute Gasteiger partial charge is 0.351 e. The number of allylic oxidation sites excluding steroid dienone is 1. The highest BCUT2D eigenvalue weighted by Gasteiger charge is 2.21. The Hall–Kier alpha value is -4.19. The van der Waals surface area contributed by atoms with Gasteiger partial charge in [-0.15, -0.1) is 0 Å². The number of hydrogen-bond donors (Lipinski definition) is 1. The third kappa shape index (κ3) is 3.59. The van der Waals surface area contributed by atoms with E-state index in [1.165, 1.54) is 19.1 Å². The summed E-state index contributed by atoms with van der Waals surface area (Å²) in [7, 11) is 0. The van der Waals surface area contributed by atoms with Crippen molar-refractivity contribution >= 4 is 23.2 Å². The van der Waals surface area contributed by atoms with Gasteiger partial charge in [0.1, 0.15) is 17.1 Å². The number of benzene rings is 1. The molecule has 0 aliphatic heterocycles. The van der Waals surface area contributed by atoms with Gasteiger partial charge >= 0.3 is 5.63 Å². The monoisotopic (exact) mass is 413 g/mol. The van der Waals surface area contributed by atoms with Crippen LogP contribution in [0.5, 0.6) is 5.75 Å². The summed E-state index contributed by atoms with van der Waals surface area (Å²) in [6, 6.07) is 15.7. The molecule has 0 saturated carbocycles. The van der Waals surface area contributed by atoms with Crippen LogP contribution in [0.1, 0.15) is 43.3 Å². The van der Waals surface area contributed by atoms with E-state index in [0.717, 1.165) is 5.52 Å². The number of aromatic nitrogens is 1. The van der Waals surface area contributed by atoms with Crippen molar-refractivity contribution in [1.82, 2.24) is 4.40 Å². The van der Waals surface area contributed by atoms with E-state index in [9.17, 15) is 19.5 Å². The molecule has 3 aromatic heterocycles. The van der Waals surface area contributed by atoms with E-state index in [0.29, 0.717) is 22.4 Å². The third-order valence-corrected chi connectivity index (χ3v) is 5.09. The van der Waals surface area contributed by atoms with Gasteiger partial charge in [-0.05, 0) is 43.7 Å². The van der Waals surface area contributed by atoms with E-state index >= 15 is 0 Å². The number of carbonyl (C=O) groups excluding carboxylic acids is 2. The molecular weight excluding hydrogens is 394 g/mol. The van der Waals surface area contributed by atoms with Gasteiger partial charge in [-0.2, -0.15) is 0 Å². The molecule has 6 nitrogen and oxygen atoms in total. The Morgan fingerprint density at radius 2 is 1.74 bits per heavy atom. The van der Waals surface area contributed by atoms with Crippen LogP contribution in [0.15, 0.2) is 76.1 Å². The molecule has 1 aromatic carbocycles. The van der Waals surface area contributed by atoms with Gasteiger partial charge in [-0.25, -0.2) is 4.79 Å². The summed E-state index contributed by atoms with van der Waals surface area (Å²) in [5.41, 5.74) is 1.83. The topological polar surface area (TPSA) is 89.0 Å². The standard InChI is InChI=1S/C25H19NO5/c1-15-14-21(28)22(25(30)31-15)20(27)12-11-18-16(2)23(26-13-7-6-10-19(18)26)24(29)17-8-4-3-5-9-17/h3-14,28H,1-2H3/b12-11+. The van der Waals surface area contributed by atoms with E-state index in [1.54, 1.807) is 40.9 Å². The van der Waals surface area contributed by atoms with Crippen LogP contribution in [0.25, 0.3) is 11.6 Å². The minimum absolute atomic E-state index is 0.137. The second kappa shape index (κ2) is 7.91. The molecule has 4 rings (SSSR count). The fraction of sp³-hybridized carbons (Fsp3) is 0.0800. The number of carbonyl (C=O) groups is 2. The summed E-state index contributed by atoms with van der Waals surface area (Å²) < 4.78 is 6.71. The zero-order valence-electron chi connectivity index (χ0n) is 17.0. The lowest BCUT2D eigenvalue weighted by Gasteiger charge is -2.03. The highest BCUT2D eigenvalue weighted by molar-refractivity contribution is 6.12. The van der Waals surface area contributed by atoms with Gasteiger partial charge in [0.05, 0.1) is 11.2 Å². The number of aromatic hydroxyl groups is 1. The first-order chi connectivity index (χ1) is 14.9. The zero-order valence-corrected chi connectivity index (χ0v) is 17.0. The van der Waals surface area contributed by atoms with E-state index in [4.69, 9.17) is 4.42 Å². The normalized spacial score (nSPS) is 11.3. The molecule has 31 heavy (non-hydrogen) atoms. The molecule has 3 heterocycles. The van der Waals surface area contributed by atoms with Gasteiger partial charge in [0.15, 0.2) is 5.78 Å². The maximum absolute atomic E-state index is 13.2. The molecule has 0 unspecified atom stereocenters. The van der Waals surface area contributed by atoms with Crippen LogP contribution >= 0.6 is 0 Å². The van der Waals surface area contributed by atoms with Crippen LogP contribution in [-0.2, 0) is 0 Å². The van der Waals surface area contributed by atoms with Crippen molar-refractivity contribution in [2.75, 3.05) is 0 Å². The molecule has 0 aliphatic rings. The molecule has 6 heteroatoms. The Balaban J connectivity index is 1.81. The van der Waals surface area contributed by atoms with Crippen molar-refractivity contribution in [3.8, 4) is 5.75 Å². The van der Waals surface area contributed by atoms with Crippen molar-refractivity contribution < 1.29 is 19.1 Å². The Kier molecular flexibility index (Phi) is 5.13. The quantitative estimate of drug-likeness (QED) is 0.388. The van der Waals surface area contributed by atoms with Gasteiger partial charge in [-0.1, -0.05) is 36.4 Å². The number of ketones is 2. The van der Waals surface area contributed by atoms with Crippen LogP contribution in [0.2, 0.25) is 0 Å². The first-order valence-electron chi connectivity index (χ1n) is 9.64. The Bertz CT molecular complexity index is 1410. The predicted octanol–water partition coefficient (Wildman–Crippen LogP) is 4.34. The predicted molar refractivity (Wildman–Crippen MR) is 117 cm³/mol. The summed E-state index contributed by atoms with van der Waals surface area (Å²) in [6.45, 7) is 3.32. The molecular formula is C25H19NO5. The number of hydrogen-bond acceptors (Lipinski definition) is 5. The van der Waals surface area contributed by atoms with Crippen LogP contribution < -0.4 is 5.63 Å². The Labute approximate surface area is 177 Å². The molecule has 0 radical (unpaired) electrons. The van der Waals surface area contributed by atoms with Crippen LogP contribution in [0.3, 0.4) is 0 Å². The van der Waals surface area contributed by atoms with Gasteiger partial charge in [-0.3, -0.25) is 9.59 Å². The fourth-order valence-corrected chi connectivity index (χ4v) is 3.64. The highest BCUT2D eigenvalue weighted by Crippen LogP contribution is 2.27. The number of nitrogens with zero attached hydrogens (tertiary/aromatic N) is 1. The van der Waals surface area contributed by atoms with Crippen molar-refractivity contribution in [3.63, 3.8) is 0 Å². The summed E-state index contributed by atoms with van der Waals surface area (Å²) in [4.78, 5) is 37.8. The highest BCUT2D eigenvalue weighted by atomic mass is 16.4. The van der Waals surface area contributed by atoms with E-state index in [-0.39, 0.29) is 11.5 Å². The maximum Gasteiger partial charge on any atom is 0.351 e. The summed E-state index contributed by atoms with van der Waals surface area (Å²) in [5, 5.41) is 10.0. The molecule has 154 valence electrons. The van der Waals surface area contributed by atoms with Gasteiger partial charge < -0.3 is 13.9 Å². The van der Waals surface area contributed by atoms with Crippen molar-refractivity contribution in [1.29, 1.82) is 0 Å². The lowest BCUT2D eigenvalue weighted by atomic mass is 10.0. The number of pyridine rings is 1. The lowest BCUT2D eigenvalue weighted by molar-refractivity contribution is 0.102. The van der Waals surface area contributed by atoms with Crippen molar-refractivity contribution in [3.05, 3.63) is 111 Å². The fourth-order valence-electron chi connectivity index (χ4n) is 3.64. The molecule has 0 saturated heterocycles. The van der Waals surface area contributed by atoms with E-state index in [1.807, 2.05) is 31.2 Å². The Morgan fingerprint density at radius 3 is 2.45 bits per heavy atom. The van der Waals surface area contributed by atoms with E-state index < -0.39 is 22.7 Å². The largest absolute Gasteiger partial charge is 0.507 e. The molecule has 0 amide bonds. The molecule has 0 fully saturated rings. The van der Waals surface area contributed by atoms with Gasteiger partial charge in [0, 0.05) is 23.4 Å². The van der Waals surface area contributed by atoms with Gasteiger partial charge in [0.2, 0.25) is 5.78 Å². The molecule has 0 atom stereocenters. The summed E-state index contributed by atoms with van der Waals surface area (Å²) in [6.07, 6.45) is 4.54. The number of aryl methyl sites for hydroxylation is 1. The second-order valence-electron chi connectivity index (χ2n) is 7.14. The minimum Gasteiger partial charge on any atom is -0.507 e. The first-order valence-corrected chi connectivity index (χ1v) is 9.64. The maximum atomic E-state index is 13.2. The zero-order chi connectivity index (χ0) is 22.1. The lowest BCUT2D eigenvalue weighted by Crippen LogP contribution is -2.12. The van der Waals surface area contributed by atoms with Crippen LogP contribution in [0.4, 0.5) is 0 Å². The molecule has 4 aromatic rings. The van der Waals surface area contributed by atoms with Gasteiger partial charge in [0.25, 0.3) is 0 Å². The number of fused-ring (bicyclic) bond motifs is 1. The molecule has 0 bridgehead atoms. The van der Waals surface area contributed by atoms with Crippen LogP contribution in [0, 0.1) is 13.8 Å². The SMILES string of the molecule is Cc1cc(O)c(C(=O)/C=C/c2c(C)c(C(=O)c3ccccc3)n3ccccc23)c(=O)o1. The third-order valence-electron chi connectivity index (χ3n) is 5.09. The Morgan fingerprint density at radius 1 is 1.03 bits per heavy atom. The average Bonchev–Trinajstić information content (AvgIpc) is 3.02. The van der Waals surface area contributed by atoms with Crippen molar-refractivity contribution in [2.45, 2.75) is 13.8 Å². The molecule has 1 N–H and O–H groups in total. The molecule has 0 spiro atoms. The summed E-state index contributed by atoms with van der Waals surface area (Å²) >= 11 is 0.